The molecule has 2 aliphatic rings. The predicted octanol–water partition coefficient (Wildman–Crippen LogP) is 4.96. The van der Waals surface area contributed by atoms with E-state index in [1.807, 2.05) is 0 Å². The second kappa shape index (κ2) is 4.79. The van der Waals surface area contributed by atoms with Crippen molar-refractivity contribution in [1.82, 2.24) is 0 Å². The highest BCUT2D eigenvalue weighted by atomic mass is 14.3. The molecule has 0 nitrogen and oxygen atoms in total. The molecule has 0 saturated heterocycles. The molecule has 0 heterocycles. The van der Waals surface area contributed by atoms with Gasteiger partial charge in [0.1, 0.15) is 0 Å². The lowest BCUT2D eigenvalue weighted by Crippen LogP contribution is -2.17. The Bertz CT molecular complexity index is 691. The van der Waals surface area contributed by atoms with E-state index in [2.05, 4.69) is 79.3 Å². The molecule has 0 saturated carbocycles. The molecule has 2 atom stereocenters. The molecule has 0 heteroatoms. The lowest BCUT2D eigenvalue weighted by Gasteiger charge is -2.30. The third-order valence-corrected chi connectivity index (χ3v) is 4.28. The van der Waals surface area contributed by atoms with Crippen molar-refractivity contribution in [1.29, 1.82) is 0 Å². The zero-order valence-corrected chi connectivity index (χ0v) is 11.3. The van der Waals surface area contributed by atoms with Crippen LogP contribution in [0, 0.1) is 12.3 Å². The van der Waals surface area contributed by atoms with Crippen LogP contribution in [0.25, 0.3) is 12.2 Å². The summed E-state index contributed by atoms with van der Waals surface area (Å²) >= 11 is 0. The van der Waals surface area contributed by atoms with Crippen molar-refractivity contribution in [2.24, 2.45) is 5.92 Å². The van der Waals surface area contributed by atoms with Crippen molar-refractivity contribution in [3.8, 4) is 0 Å². The van der Waals surface area contributed by atoms with Gasteiger partial charge in [0.2, 0.25) is 0 Å². The number of hydrogen-bond donors (Lipinski definition) is 0. The topological polar surface area (TPSA) is 0 Å². The van der Waals surface area contributed by atoms with E-state index >= 15 is 0 Å². The first kappa shape index (κ1) is 11.7. The van der Waals surface area contributed by atoms with Crippen molar-refractivity contribution >= 4 is 12.2 Å². The van der Waals surface area contributed by atoms with Crippen LogP contribution in [0.5, 0.6) is 0 Å². The van der Waals surface area contributed by atoms with Crippen LogP contribution < -0.4 is 0 Å². The van der Waals surface area contributed by atoms with E-state index < -0.39 is 0 Å². The molecule has 2 radical (unpaired) electrons. The molecule has 0 spiro atoms. The number of fused-ring (bicyclic) bond motifs is 2. The van der Waals surface area contributed by atoms with Crippen LogP contribution >= 0.6 is 0 Å². The fraction of sp³-hybridized carbons (Fsp3) is 0.150. The minimum absolute atomic E-state index is 0.371. The number of benzene rings is 2. The first-order valence-corrected chi connectivity index (χ1v) is 7.21. The van der Waals surface area contributed by atoms with Crippen molar-refractivity contribution in [2.45, 2.75) is 12.3 Å². The second-order valence-electron chi connectivity index (χ2n) is 5.49. The van der Waals surface area contributed by atoms with Crippen LogP contribution in [-0.4, -0.2) is 0 Å². The summed E-state index contributed by atoms with van der Waals surface area (Å²) in [6.07, 6.45) is 13.9. The first-order valence-electron chi connectivity index (χ1n) is 7.21. The fourth-order valence-electron chi connectivity index (χ4n) is 3.25. The number of rotatable bonds is 1. The Morgan fingerprint density at radius 2 is 1.65 bits per heavy atom. The van der Waals surface area contributed by atoms with Crippen LogP contribution in [0.1, 0.15) is 34.6 Å². The lowest BCUT2D eigenvalue weighted by molar-refractivity contribution is 0.570. The van der Waals surface area contributed by atoms with Gasteiger partial charge < -0.3 is 0 Å². The van der Waals surface area contributed by atoms with Gasteiger partial charge in [-0.2, -0.15) is 0 Å². The molecular formula is C20H16. The summed E-state index contributed by atoms with van der Waals surface area (Å²) in [7, 11) is 0. The monoisotopic (exact) mass is 256 g/mol. The minimum Gasteiger partial charge on any atom is -0.0833 e. The third kappa shape index (κ3) is 1.92. The van der Waals surface area contributed by atoms with Crippen molar-refractivity contribution in [3.63, 3.8) is 0 Å². The maximum absolute atomic E-state index is 3.69. The summed E-state index contributed by atoms with van der Waals surface area (Å²) in [5, 5.41) is 0. The van der Waals surface area contributed by atoms with Crippen LogP contribution in [0.4, 0.5) is 0 Å². The van der Waals surface area contributed by atoms with Crippen LogP contribution in [0.3, 0.4) is 0 Å². The molecule has 2 aromatic rings. The van der Waals surface area contributed by atoms with Crippen LogP contribution in [0.15, 0.2) is 60.7 Å². The van der Waals surface area contributed by atoms with Gasteiger partial charge in [-0.05, 0) is 40.5 Å². The van der Waals surface area contributed by atoms with E-state index in [0.717, 1.165) is 6.42 Å². The molecular weight excluding hydrogens is 240 g/mol. The summed E-state index contributed by atoms with van der Waals surface area (Å²) in [6.45, 7) is 0. The average molecular weight is 256 g/mol. The van der Waals surface area contributed by atoms with E-state index in [1.54, 1.807) is 0 Å². The number of allylic oxidation sites excluding steroid dienone is 2. The van der Waals surface area contributed by atoms with E-state index in [4.69, 9.17) is 0 Å². The normalized spacial score (nSPS) is 23.2. The van der Waals surface area contributed by atoms with Crippen LogP contribution in [-0.2, 0) is 0 Å². The van der Waals surface area contributed by atoms with Crippen molar-refractivity contribution in [2.75, 3.05) is 0 Å². The Kier molecular flexibility index (Phi) is 2.81. The molecule has 0 aromatic heterocycles. The van der Waals surface area contributed by atoms with Crippen LogP contribution in [0.2, 0.25) is 0 Å². The maximum Gasteiger partial charge on any atom is 0.0252 e. The Hall–Kier alpha value is -2.08. The van der Waals surface area contributed by atoms with E-state index in [0.29, 0.717) is 11.8 Å². The molecule has 2 aliphatic carbocycles. The molecule has 2 unspecified atom stereocenters. The Morgan fingerprint density at radius 1 is 0.850 bits per heavy atom. The summed E-state index contributed by atoms with van der Waals surface area (Å²) in [5.41, 5.74) is 5.34. The predicted molar refractivity (Wildman–Crippen MR) is 84.1 cm³/mol. The maximum atomic E-state index is 3.69. The molecule has 0 amide bonds. The molecule has 0 bridgehead atoms. The summed E-state index contributed by atoms with van der Waals surface area (Å²) in [4.78, 5) is 0. The highest BCUT2D eigenvalue weighted by molar-refractivity contribution is 5.63. The third-order valence-electron chi connectivity index (χ3n) is 4.28. The zero-order valence-electron chi connectivity index (χ0n) is 11.3. The Balaban J connectivity index is 1.69. The first-order chi connectivity index (χ1) is 9.92. The van der Waals surface area contributed by atoms with E-state index in [-0.39, 0.29) is 0 Å². The quantitative estimate of drug-likeness (QED) is 0.676. The van der Waals surface area contributed by atoms with Gasteiger partial charge in [0.25, 0.3) is 0 Å². The molecule has 0 fully saturated rings. The highest BCUT2D eigenvalue weighted by Crippen LogP contribution is 2.40. The Labute approximate surface area is 120 Å². The summed E-state index contributed by atoms with van der Waals surface area (Å²) in [6, 6.07) is 17.2. The van der Waals surface area contributed by atoms with Gasteiger partial charge in [-0.1, -0.05) is 72.8 Å². The van der Waals surface area contributed by atoms with Gasteiger partial charge in [-0.25, -0.2) is 0 Å². The van der Waals surface area contributed by atoms with Crippen molar-refractivity contribution in [3.05, 3.63) is 89.4 Å². The lowest BCUT2D eigenvalue weighted by atomic mass is 9.74. The van der Waals surface area contributed by atoms with Crippen molar-refractivity contribution < 1.29 is 0 Å². The summed E-state index contributed by atoms with van der Waals surface area (Å²) in [5.74, 6) is 0.886. The standard InChI is InChI=1S/C20H16/c1-2-8-17-14-18(13-12-15(17)6-1)20-11-5-9-16-7-3-4-10-19(16)20/h1-10,12-13,18,20H,11H2. The Morgan fingerprint density at radius 3 is 2.60 bits per heavy atom. The van der Waals surface area contributed by atoms with Gasteiger partial charge in [0.15, 0.2) is 0 Å². The highest BCUT2D eigenvalue weighted by Gasteiger charge is 2.26. The van der Waals surface area contributed by atoms with Gasteiger partial charge in [-0.15, -0.1) is 0 Å². The molecule has 20 heavy (non-hydrogen) atoms. The zero-order chi connectivity index (χ0) is 13.4. The average Bonchev–Trinajstić information content (AvgIpc) is 2.54. The largest absolute Gasteiger partial charge is 0.0833 e. The molecule has 0 aliphatic heterocycles. The summed E-state index contributed by atoms with van der Waals surface area (Å²) < 4.78 is 0. The van der Waals surface area contributed by atoms with Gasteiger partial charge in [-0.3, -0.25) is 0 Å². The van der Waals surface area contributed by atoms with Gasteiger partial charge >= 0.3 is 0 Å². The second-order valence-corrected chi connectivity index (χ2v) is 5.49. The van der Waals surface area contributed by atoms with E-state index in [9.17, 15) is 0 Å². The van der Waals surface area contributed by atoms with E-state index in [1.165, 1.54) is 22.3 Å². The number of hydrogen-bond acceptors (Lipinski definition) is 0. The minimum atomic E-state index is 0.371. The SMILES string of the molecule is [C]1c2ccccc2C=CC1C1CC=Cc2ccccc21. The molecule has 0 N–H and O–H groups in total. The van der Waals surface area contributed by atoms with Gasteiger partial charge in [0, 0.05) is 6.42 Å². The molecule has 2 aromatic carbocycles. The smallest absolute Gasteiger partial charge is 0.0252 e. The molecule has 4 rings (SSSR count). The van der Waals surface area contributed by atoms with Gasteiger partial charge in [0.05, 0.1) is 0 Å². The fourth-order valence-corrected chi connectivity index (χ4v) is 3.25. The molecule has 96 valence electrons.